The number of nitrogens with one attached hydrogen (secondary N) is 1. The Morgan fingerprint density at radius 3 is 2.41 bits per heavy atom. The average molecular weight is 434 g/mol. The molecule has 2 fully saturated rings. The van der Waals surface area contributed by atoms with E-state index in [4.69, 9.17) is 4.74 Å². The summed E-state index contributed by atoms with van der Waals surface area (Å²) in [7, 11) is 0. The summed E-state index contributed by atoms with van der Waals surface area (Å²) in [5.41, 5.74) is 6.16. The first-order chi connectivity index (χ1) is 15.4. The molecule has 4 rings (SSSR count). The van der Waals surface area contributed by atoms with Crippen LogP contribution in [0.5, 0.6) is 5.75 Å². The van der Waals surface area contributed by atoms with Gasteiger partial charge in [-0.1, -0.05) is 18.2 Å². The second kappa shape index (κ2) is 9.26. The summed E-state index contributed by atoms with van der Waals surface area (Å²) in [5.74, 6) is -0.279. The van der Waals surface area contributed by atoms with Gasteiger partial charge in [-0.15, -0.1) is 0 Å². The Morgan fingerprint density at radius 1 is 1.00 bits per heavy atom. The number of aryl methyl sites for hydroxylation is 2. The minimum Gasteiger partial charge on any atom is -0.484 e. The molecule has 0 saturated carbocycles. The van der Waals surface area contributed by atoms with Crippen LogP contribution in [-0.2, 0) is 14.4 Å². The van der Waals surface area contributed by atoms with Crippen molar-refractivity contribution in [2.75, 3.05) is 24.7 Å². The molecule has 0 bridgehead atoms. The maximum Gasteiger partial charge on any atom is 0.282 e. The van der Waals surface area contributed by atoms with Crippen molar-refractivity contribution in [2.24, 2.45) is 0 Å². The van der Waals surface area contributed by atoms with Crippen molar-refractivity contribution in [1.29, 1.82) is 0 Å². The molecular weight excluding hydrogens is 406 g/mol. The second-order valence-electron chi connectivity index (χ2n) is 8.21. The van der Waals surface area contributed by atoms with E-state index in [1.807, 2.05) is 30.9 Å². The van der Waals surface area contributed by atoms with Crippen LogP contribution in [0.25, 0.3) is 6.08 Å². The van der Waals surface area contributed by atoms with Gasteiger partial charge in [0.15, 0.2) is 6.61 Å². The van der Waals surface area contributed by atoms with Gasteiger partial charge in [0.05, 0.1) is 5.69 Å². The lowest BCUT2D eigenvalue weighted by atomic mass is 10.1. The van der Waals surface area contributed by atoms with E-state index in [9.17, 15) is 14.4 Å². The van der Waals surface area contributed by atoms with E-state index in [-0.39, 0.29) is 18.1 Å². The summed E-state index contributed by atoms with van der Waals surface area (Å²) in [6.07, 6.45) is 4.82. The lowest BCUT2D eigenvalue weighted by Crippen LogP contribution is -2.38. The van der Waals surface area contributed by atoms with Gasteiger partial charge in [-0.05, 0) is 80.1 Å². The van der Waals surface area contributed by atoms with E-state index in [2.05, 4.69) is 5.43 Å². The van der Waals surface area contributed by atoms with Crippen LogP contribution in [0.4, 0.5) is 5.69 Å². The van der Waals surface area contributed by atoms with Crippen LogP contribution < -0.4 is 15.2 Å². The number of nitrogens with zero attached hydrogens (tertiary/aromatic N) is 2. The van der Waals surface area contributed by atoms with E-state index < -0.39 is 11.8 Å². The monoisotopic (exact) mass is 433 g/mol. The van der Waals surface area contributed by atoms with Gasteiger partial charge in [0.25, 0.3) is 17.7 Å². The Balaban J connectivity index is 1.41. The van der Waals surface area contributed by atoms with Gasteiger partial charge in [0.2, 0.25) is 0 Å². The van der Waals surface area contributed by atoms with Crippen LogP contribution in [0.3, 0.4) is 0 Å². The largest absolute Gasteiger partial charge is 0.484 e. The molecular formula is C25H27N3O4. The highest BCUT2D eigenvalue weighted by atomic mass is 16.5. The lowest BCUT2D eigenvalue weighted by Gasteiger charge is -2.26. The van der Waals surface area contributed by atoms with Gasteiger partial charge in [0, 0.05) is 13.1 Å². The molecule has 7 heteroatoms. The molecule has 2 aromatic carbocycles. The number of amides is 3. The fourth-order valence-electron chi connectivity index (χ4n) is 3.81. The Bertz CT molecular complexity index is 1070. The minimum absolute atomic E-state index is 0.00412. The average Bonchev–Trinajstić information content (AvgIpc) is 3.09. The zero-order valence-corrected chi connectivity index (χ0v) is 18.4. The lowest BCUT2D eigenvalue weighted by molar-refractivity contribution is -0.134. The SMILES string of the molecule is Cc1ccc(N2NC(=O)/C(=C/c3ccc(OCC(=O)N4CCCCC4)cc3)C2=O)cc1C. The van der Waals surface area contributed by atoms with Crippen molar-refractivity contribution in [3.8, 4) is 5.75 Å². The second-order valence-corrected chi connectivity index (χ2v) is 8.21. The van der Waals surface area contributed by atoms with E-state index in [0.717, 1.165) is 37.1 Å². The molecule has 0 atom stereocenters. The van der Waals surface area contributed by atoms with E-state index in [0.29, 0.717) is 17.0 Å². The molecule has 2 heterocycles. The normalized spacial score (nSPS) is 17.6. The number of piperidine rings is 1. The summed E-state index contributed by atoms with van der Waals surface area (Å²) >= 11 is 0. The third-order valence-electron chi connectivity index (χ3n) is 5.90. The Labute approximate surface area is 187 Å². The number of carbonyl (C=O) groups excluding carboxylic acids is 3. The van der Waals surface area contributed by atoms with Gasteiger partial charge in [-0.2, -0.15) is 0 Å². The topological polar surface area (TPSA) is 79.0 Å². The Morgan fingerprint density at radius 2 is 1.72 bits per heavy atom. The summed E-state index contributed by atoms with van der Waals surface area (Å²) < 4.78 is 5.62. The molecule has 32 heavy (non-hydrogen) atoms. The molecule has 0 aliphatic carbocycles. The maximum absolute atomic E-state index is 12.8. The molecule has 0 unspecified atom stereocenters. The number of likely N-dealkylation sites (tertiary alicyclic amines) is 1. The van der Waals surface area contributed by atoms with Gasteiger partial charge in [-0.3, -0.25) is 19.8 Å². The summed E-state index contributed by atoms with van der Waals surface area (Å²) in [4.78, 5) is 39.3. The van der Waals surface area contributed by atoms with Crippen molar-refractivity contribution in [1.82, 2.24) is 10.3 Å². The van der Waals surface area contributed by atoms with Crippen LogP contribution >= 0.6 is 0 Å². The number of ether oxygens (including phenoxy) is 1. The van der Waals surface area contributed by atoms with Crippen LogP contribution in [0, 0.1) is 13.8 Å². The standard InChI is InChI=1S/C25H27N3O4/c1-17-6-9-20(14-18(17)2)28-25(31)22(24(30)26-28)15-19-7-10-21(11-8-19)32-16-23(29)27-12-4-3-5-13-27/h6-11,14-15H,3-5,12-13,16H2,1-2H3,(H,26,30)/b22-15-. The van der Waals surface area contributed by atoms with Crippen LogP contribution in [-0.4, -0.2) is 42.3 Å². The van der Waals surface area contributed by atoms with Crippen LogP contribution in [0.15, 0.2) is 48.0 Å². The van der Waals surface area contributed by atoms with Gasteiger partial charge in [0.1, 0.15) is 11.3 Å². The minimum atomic E-state index is -0.444. The van der Waals surface area contributed by atoms with Crippen molar-refractivity contribution in [2.45, 2.75) is 33.1 Å². The predicted octanol–water partition coefficient (Wildman–Crippen LogP) is 3.16. The molecule has 0 spiro atoms. The number of hydrogen-bond donors (Lipinski definition) is 1. The summed E-state index contributed by atoms with van der Waals surface area (Å²) in [5, 5.41) is 1.27. The van der Waals surface area contributed by atoms with Crippen molar-refractivity contribution >= 4 is 29.5 Å². The smallest absolute Gasteiger partial charge is 0.282 e. The molecule has 166 valence electrons. The number of carbonyl (C=O) groups is 3. The number of hydrogen-bond acceptors (Lipinski definition) is 4. The highest BCUT2D eigenvalue weighted by molar-refractivity contribution is 6.31. The third-order valence-corrected chi connectivity index (χ3v) is 5.90. The third kappa shape index (κ3) is 4.66. The zero-order chi connectivity index (χ0) is 22.7. The Kier molecular flexibility index (Phi) is 6.25. The zero-order valence-electron chi connectivity index (χ0n) is 18.4. The molecule has 0 radical (unpaired) electrons. The molecule has 0 aromatic heterocycles. The summed E-state index contributed by atoms with van der Waals surface area (Å²) in [6.45, 7) is 5.55. The fraction of sp³-hybridized carbons (Fsp3) is 0.320. The first-order valence-corrected chi connectivity index (χ1v) is 10.9. The summed E-state index contributed by atoms with van der Waals surface area (Å²) in [6, 6.07) is 12.6. The first-order valence-electron chi connectivity index (χ1n) is 10.9. The van der Waals surface area contributed by atoms with Gasteiger partial charge in [-0.25, -0.2) is 5.01 Å². The molecule has 2 aliphatic rings. The number of anilines is 1. The Hall–Kier alpha value is -3.61. The highest BCUT2D eigenvalue weighted by Crippen LogP contribution is 2.24. The fourth-order valence-corrected chi connectivity index (χ4v) is 3.81. The van der Waals surface area contributed by atoms with E-state index >= 15 is 0 Å². The molecule has 2 saturated heterocycles. The molecule has 2 aliphatic heterocycles. The quantitative estimate of drug-likeness (QED) is 0.580. The van der Waals surface area contributed by atoms with Gasteiger partial charge < -0.3 is 9.64 Å². The predicted molar refractivity (Wildman–Crippen MR) is 122 cm³/mol. The first kappa shape index (κ1) is 21.6. The molecule has 2 aromatic rings. The molecule has 1 N–H and O–H groups in total. The van der Waals surface area contributed by atoms with Crippen LogP contribution in [0.2, 0.25) is 0 Å². The van der Waals surface area contributed by atoms with Crippen molar-refractivity contribution in [3.63, 3.8) is 0 Å². The maximum atomic E-state index is 12.8. The number of rotatable bonds is 5. The van der Waals surface area contributed by atoms with Crippen LogP contribution in [0.1, 0.15) is 36.0 Å². The van der Waals surface area contributed by atoms with Crippen molar-refractivity contribution < 1.29 is 19.1 Å². The molecule has 7 nitrogen and oxygen atoms in total. The van der Waals surface area contributed by atoms with E-state index in [1.54, 1.807) is 36.4 Å². The van der Waals surface area contributed by atoms with E-state index in [1.165, 1.54) is 11.4 Å². The van der Waals surface area contributed by atoms with Gasteiger partial charge >= 0.3 is 0 Å². The highest BCUT2D eigenvalue weighted by Gasteiger charge is 2.34. The van der Waals surface area contributed by atoms with Crippen molar-refractivity contribution in [3.05, 3.63) is 64.7 Å². The molecule has 3 amide bonds. The number of hydrazine groups is 1. The number of benzene rings is 2.